The molecule has 190 valence electrons. The van der Waals surface area contributed by atoms with E-state index in [0.29, 0.717) is 0 Å². The fourth-order valence-corrected chi connectivity index (χ4v) is 7.99. The number of fused-ring (bicyclic) bond motifs is 14. The number of rotatable bonds is 1. The molecule has 0 unspecified atom stereocenters. The molecule has 4 heteroatoms. The first kappa shape index (κ1) is 21.6. The van der Waals surface area contributed by atoms with Gasteiger partial charge in [0.05, 0.1) is 27.6 Å². The van der Waals surface area contributed by atoms with Crippen molar-refractivity contribution < 1.29 is 0 Å². The Hall–Kier alpha value is -5.19. The number of thiophene rings is 1. The molecule has 4 aromatic heterocycles. The molecular formula is C37H21N3S. The van der Waals surface area contributed by atoms with Crippen molar-refractivity contribution in [1.82, 2.24) is 14.0 Å². The summed E-state index contributed by atoms with van der Waals surface area (Å²) in [4.78, 5) is 5.10. The van der Waals surface area contributed by atoms with Crippen molar-refractivity contribution in [1.29, 1.82) is 0 Å². The molecule has 0 fully saturated rings. The standard InChI is InChI=1S/C37H21N3S/c1-2-12-26-23(9-1)27-20-33-28(21-34(27)40-32-15-7-5-13-30(32)38-37(26)40)24-10-3-6-14-31(24)39(33)22-17-18-36-29(19-22)25-11-4-8-16-35(25)41-36/h1-21H. The van der Waals surface area contributed by atoms with Gasteiger partial charge in [0.25, 0.3) is 0 Å². The Kier molecular flexibility index (Phi) is 4.07. The summed E-state index contributed by atoms with van der Waals surface area (Å²) in [5.74, 6) is 0. The minimum absolute atomic E-state index is 1.01. The number of hydrogen-bond donors (Lipinski definition) is 0. The highest BCUT2D eigenvalue weighted by Crippen LogP contribution is 2.41. The molecule has 3 nitrogen and oxygen atoms in total. The largest absolute Gasteiger partial charge is 0.309 e. The van der Waals surface area contributed by atoms with Crippen molar-refractivity contribution in [3.63, 3.8) is 0 Å². The molecule has 4 heterocycles. The minimum Gasteiger partial charge on any atom is -0.309 e. The lowest BCUT2D eigenvalue weighted by atomic mass is 10.0. The Morgan fingerprint density at radius 3 is 2.00 bits per heavy atom. The van der Waals surface area contributed by atoms with E-state index in [-0.39, 0.29) is 0 Å². The molecular weight excluding hydrogens is 518 g/mol. The maximum absolute atomic E-state index is 5.10. The van der Waals surface area contributed by atoms with Crippen LogP contribution in [0.25, 0.3) is 86.0 Å². The summed E-state index contributed by atoms with van der Waals surface area (Å²) in [6.07, 6.45) is 0. The fourth-order valence-electron chi connectivity index (χ4n) is 6.90. The second-order valence-electron chi connectivity index (χ2n) is 10.8. The molecule has 0 aliphatic rings. The predicted molar refractivity (Wildman–Crippen MR) is 175 cm³/mol. The van der Waals surface area contributed by atoms with E-state index >= 15 is 0 Å². The number of hydrogen-bond acceptors (Lipinski definition) is 2. The van der Waals surface area contributed by atoms with Gasteiger partial charge >= 0.3 is 0 Å². The molecule has 0 N–H and O–H groups in total. The van der Waals surface area contributed by atoms with Gasteiger partial charge in [0, 0.05) is 47.4 Å². The van der Waals surface area contributed by atoms with Gasteiger partial charge in [0.2, 0.25) is 0 Å². The second-order valence-corrected chi connectivity index (χ2v) is 11.9. The maximum atomic E-state index is 5.10. The molecule has 6 aromatic carbocycles. The molecule has 0 amide bonds. The Morgan fingerprint density at radius 2 is 1.10 bits per heavy atom. The maximum Gasteiger partial charge on any atom is 0.146 e. The molecule has 0 bridgehead atoms. The highest BCUT2D eigenvalue weighted by atomic mass is 32.1. The van der Waals surface area contributed by atoms with Gasteiger partial charge < -0.3 is 4.57 Å². The first-order valence-corrected chi connectivity index (χ1v) is 14.7. The number of benzene rings is 6. The van der Waals surface area contributed by atoms with Gasteiger partial charge in [0.15, 0.2) is 0 Å². The van der Waals surface area contributed by atoms with Crippen LogP contribution < -0.4 is 0 Å². The van der Waals surface area contributed by atoms with E-state index in [1.807, 2.05) is 11.3 Å². The van der Waals surface area contributed by atoms with Crippen molar-refractivity contribution in [3.05, 3.63) is 127 Å². The average molecular weight is 540 g/mol. The lowest BCUT2D eigenvalue weighted by molar-refractivity contribution is 1.19. The molecule has 0 spiro atoms. The SMILES string of the molecule is c1ccc2c(c1)nc1c3ccccc3c3cc4c(cc3n21)c1ccccc1n4-c1ccc2sc3ccccc3c2c1. The van der Waals surface area contributed by atoms with Gasteiger partial charge in [-0.1, -0.05) is 72.8 Å². The van der Waals surface area contributed by atoms with Crippen molar-refractivity contribution in [2.24, 2.45) is 0 Å². The number of imidazole rings is 1. The van der Waals surface area contributed by atoms with Crippen LogP contribution in [0, 0.1) is 0 Å². The van der Waals surface area contributed by atoms with Gasteiger partial charge in [-0.15, -0.1) is 11.3 Å². The molecule has 0 radical (unpaired) electrons. The van der Waals surface area contributed by atoms with Crippen LogP contribution in [0.1, 0.15) is 0 Å². The van der Waals surface area contributed by atoms with Crippen LogP contribution >= 0.6 is 11.3 Å². The van der Waals surface area contributed by atoms with Crippen LogP contribution in [-0.2, 0) is 0 Å². The monoisotopic (exact) mass is 539 g/mol. The van der Waals surface area contributed by atoms with Crippen molar-refractivity contribution >= 4 is 91.7 Å². The topological polar surface area (TPSA) is 22.2 Å². The number of pyridine rings is 1. The third-order valence-corrected chi connectivity index (χ3v) is 9.82. The van der Waals surface area contributed by atoms with Crippen molar-refractivity contribution in [2.45, 2.75) is 0 Å². The smallest absolute Gasteiger partial charge is 0.146 e. The van der Waals surface area contributed by atoms with E-state index in [1.54, 1.807) is 0 Å². The molecule has 0 saturated heterocycles. The molecule has 0 saturated carbocycles. The van der Waals surface area contributed by atoms with Gasteiger partial charge in [-0.05, 0) is 60.0 Å². The summed E-state index contributed by atoms with van der Waals surface area (Å²) in [6, 6.07) is 46.4. The Balaban J connectivity index is 1.41. The summed E-state index contributed by atoms with van der Waals surface area (Å²) in [7, 11) is 0. The van der Waals surface area contributed by atoms with Crippen LogP contribution in [0.15, 0.2) is 127 Å². The van der Waals surface area contributed by atoms with Crippen molar-refractivity contribution in [2.75, 3.05) is 0 Å². The van der Waals surface area contributed by atoms with E-state index in [1.165, 1.54) is 69.3 Å². The van der Waals surface area contributed by atoms with Crippen LogP contribution in [0.5, 0.6) is 0 Å². The molecule has 0 aliphatic heterocycles. The van der Waals surface area contributed by atoms with Gasteiger partial charge in [0.1, 0.15) is 5.65 Å². The number of nitrogens with zero attached hydrogens (tertiary/aromatic N) is 3. The average Bonchev–Trinajstić information content (AvgIpc) is 3.70. The third kappa shape index (κ3) is 2.79. The Bertz CT molecular complexity index is 2700. The Morgan fingerprint density at radius 1 is 0.439 bits per heavy atom. The highest BCUT2D eigenvalue weighted by molar-refractivity contribution is 7.25. The fraction of sp³-hybridized carbons (Fsp3) is 0. The zero-order chi connectivity index (χ0) is 26.7. The first-order chi connectivity index (χ1) is 20.3. The van der Waals surface area contributed by atoms with E-state index < -0.39 is 0 Å². The summed E-state index contributed by atoms with van der Waals surface area (Å²) >= 11 is 1.86. The first-order valence-electron chi connectivity index (χ1n) is 13.9. The van der Waals surface area contributed by atoms with Gasteiger partial charge in [-0.25, -0.2) is 4.98 Å². The van der Waals surface area contributed by atoms with E-state index in [9.17, 15) is 0 Å². The van der Waals surface area contributed by atoms with E-state index in [0.717, 1.165) is 16.7 Å². The van der Waals surface area contributed by atoms with Crippen molar-refractivity contribution in [3.8, 4) is 5.69 Å². The Labute approximate surface area is 238 Å². The lowest BCUT2D eigenvalue weighted by Gasteiger charge is -2.12. The van der Waals surface area contributed by atoms with Crippen LogP contribution in [0.4, 0.5) is 0 Å². The van der Waals surface area contributed by atoms with E-state index in [4.69, 9.17) is 4.98 Å². The zero-order valence-corrected chi connectivity index (χ0v) is 22.7. The number of para-hydroxylation sites is 3. The zero-order valence-electron chi connectivity index (χ0n) is 21.9. The summed E-state index contributed by atoms with van der Waals surface area (Å²) in [5, 5.41) is 8.76. The summed E-state index contributed by atoms with van der Waals surface area (Å²) < 4.78 is 7.45. The molecule has 10 aromatic rings. The van der Waals surface area contributed by atoms with Gasteiger partial charge in [-0.2, -0.15) is 0 Å². The van der Waals surface area contributed by atoms with Gasteiger partial charge in [-0.3, -0.25) is 4.40 Å². The molecule has 0 atom stereocenters. The lowest BCUT2D eigenvalue weighted by Crippen LogP contribution is -1.95. The number of aromatic nitrogens is 3. The quantitative estimate of drug-likeness (QED) is 0.190. The summed E-state index contributed by atoms with van der Waals surface area (Å²) in [6.45, 7) is 0. The summed E-state index contributed by atoms with van der Waals surface area (Å²) in [5.41, 5.74) is 7.96. The molecule has 10 rings (SSSR count). The normalized spacial score (nSPS) is 12.4. The second kappa shape index (κ2) is 7.72. The molecule has 41 heavy (non-hydrogen) atoms. The predicted octanol–water partition coefficient (Wildman–Crippen LogP) is 10.3. The van der Waals surface area contributed by atoms with E-state index in [2.05, 4.69) is 136 Å². The van der Waals surface area contributed by atoms with Crippen LogP contribution in [-0.4, -0.2) is 14.0 Å². The molecule has 0 aliphatic carbocycles. The van der Waals surface area contributed by atoms with Crippen LogP contribution in [0.2, 0.25) is 0 Å². The third-order valence-electron chi connectivity index (χ3n) is 8.67. The minimum atomic E-state index is 1.01. The highest BCUT2D eigenvalue weighted by Gasteiger charge is 2.18. The van der Waals surface area contributed by atoms with Crippen LogP contribution in [0.3, 0.4) is 0 Å².